The smallest absolute Gasteiger partial charge is 0.407 e. The second-order valence-corrected chi connectivity index (χ2v) is 13.8. The SMILES string of the molecule is CC(C)(C)OC(=O)N[C@@H](CC(=O)O)CC(CN=[N+]=[N-])O[Si](C)(C)C(C)(C)C. The van der Waals surface area contributed by atoms with Gasteiger partial charge in [-0.25, -0.2) is 4.79 Å². The Labute approximate surface area is 162 Å². The summed E-state index contributed by atoms with van der Waals surface area (Å²) < 4.78 is 11.5. The average Bonchev–Trinajstić information content (AvgIpc) is 2.39. The molecule has 0 aromatic carbocycles. The maximum absolute atomic E-state index is 12.1. The van der Waals surface area contributed by atoms with Crippen molar-refractivity contribution in [2.45, 2.75) is 90.3 Å². The van der Waals surface area contributed by atoms with Gasteiger partial charge >= 0.3 is 12.1 Å². The minimum Gasteiger partial charge on any atom is -0.481 e. The predicted octanol–water partition coefficient (Wildman–Crippen LogP) is 4.45. The fraction of sp³-hybridized carbons (Fsp3) is 0.882. The van der Waals surface area contributed by atoms with E-state index in [1.54, 1.807) is 20.8 Å². The zero-order chi connectivity index (χ0) is 21.5. The number of azide groups is 1. The molecule has 0 aromatic rings. The van der Waals surface area contributed by atoms with Crippen molar-refractivity contribution in [2.24, 2.45) is 5.11 Å². The Balaban J connectivity index is 5.32. The van der Waals surface area contributed by atoms with Gasteiger partial charge in [-0.05, 0) is 50.9 Å². The first-order valence-electron chi connectivity index (χ1n) is 8.97. The second kappa shape index (κ2) is 9.96. The van der Waals surface area contributed by atoms with Gasteiger partial charge in [0.15, 0.2) is 8.32 Å². The van der Waals surface area contributed by atoms with E-state index in [4.69, 9.17) is 14.7 Å². The van der Waals surface area contributed by atoms with E-state index in [2.05, 4.69) is 49.2 Å². The predicted molar refractivity (Wildman–Crippen MR) is 106 cm³/mol. The lowest BCUT2D eigenvalue weighted by molar-refractivity contribution is -0.137. The molecule has 9 nitrogen and oxygen atoms in total. The summed E-state index contributed by atoms with van der Waals surface area (Å²) in [7, 11) is -2.18. The number of hydrogen-bond acceptors (Lipinski definition) is 5. The highest BCUT2D eigenvalue weighted by Gasteiger charge is 2.39. The van der Waals surface area contributed by atoms with Crippen LogP contribution in [-0.2, 0) is 14.0 Å². The van der Waals surface area contributed by atoms with Crippen molar-refractivity contribution in [3.63, 3.8) is 0 Å². The van der Waals surface area contributed by atoms with Crippen LogP contribution in [0.25, 0.3) is 10.4 Å². The average molecular weight is 403 g/mol. The van der Waals surface area contributed by atoms with Crippen LogP contribution in [0.1, 0.15) is 54.4 Å². The van der Waals surface area contributed by atoms with Crippen LogP contribution < -0.4 is 5.32 Å². The molecule has 1 unspecified atom stereocenters. The van der Waals surface area contributed by atoms with Crippen molar-refractivity contribution in [1.82, 2.24) is 5.32 Å². The number of ether oxygens (including phenoxy) is 1. The highest BCUT2D eigenvalue weighted by molar-refractivity contribution is 6.74. The highest BCUT2D eigenvalue weighted by atomic mass is 28.4. The van der Waals surface area contributed by atoms with Crippen molar-refractivity contribution >= 4 is 20.4 Å². The molecule has 1 amide bonds. The number of carbonyl (C=O) groups excluding carboxylic acids is 1. The summed E-state index contributed by atoms with van der Waals surface area (Å²) in [6.45, 7) is 15.6. The van der Waals surface area contributed by atoms with Crippen LogP contribution in [0, 0.1) is 0 Å². The molecule has 0 saturated heterocycles. The van der Waals surface area contributed by atoms with Gasteiger partial charge in [-0.15, -0.1) is 0 Å². The summed E-state index contributed by atoms with van der Waals surface area (Å²) in [6.07, 6.45) is -1.27. The lowest BCUT2D eigenvalue weighted by Crippen LogP contribution is -2.48. The largest absolute Gasteiger partial charge is 0.481 e. The van der Waals surface area contributed by atoms with Gasteiger partial charge in [-0.2, -0.15) is 0 Å². The number of rotatable bonds is 9. The van der Waals surface area contributed by atoms with E-state index < -0.39 is 38.1 Å². The Bertz CT molecular complexity index is 563. The van der Waals surface area contributed by atoms with Gasteiger partial charge in [0.2, 0.25) is 0 Å². The van der Waals surface area contributed by atoms with Crippen LogP contribution >= 0.6 is 0 Å². The molecule has 0 fully saturated rings. The summed E-state index contributed by atoms with van der Waals surface area (Å²) in [4.78, 5) is 26.0. The minimum absolute atomic E-state index is 0.0646. The molecular formula is C17H34N4O5Si. The molecule has 0 heterocycles. The Kier molecular flexibility index (Phi) is 9.31. The van der Waals surface area contributed by atoms with Gasteiger partial charge in [0.1, 0.15) is 5.60 Å². The summed E-state index contributed by atoms with van der Waals surface area (Å²) in [5, 5.41) is 15.3. The first kappa shape index (κ1) is 25.2. The number of alkyl carbamates (subject to hydrolysis) is 1. The fourth-order valence-electron chi connectivity index (χ4n) is 2.08. The van der Waals surface area contributed by atoms with Crippen molar-refractivity contribution in [1.29, 1.82) is 0 Å². The van der Waals surface area contributed by atoms with E-state index in [0.717, 1.165) is 0 Å². The Morgan fingerprint density at radius 1 is 1.22 bits per heavy atom. The molecule has 2 N–H and O–H groups in total. The number of nitrogens with zero attached hydrogens (tertiary/aromatic N) is 3. The molecule has 0 aromatic heterocycles. The van der Waals surface area contributed by atoms with E-state index in [-0.39, 0.29) is 24.4 Å². The number of carboxylic acids is 1. The number of nitrogens with one attached hydrogen (secondary N) is 1. The zero-order valence-corrected chi connectivity index (χ0v) is 18.7. The molecule has 0 rings (SSSR count). The molecule has 0 aliphatic carbocycles. The molecule has 0 bridgehead atoms. The van der Waals surface area contributed by atoms with Gasteiger partial charge in [0.05, 0.1) is 19.1 Å². The molecule has 0 aliphatic heterocycles. The summed E-state index contributed by atoms with van der Waals surface area (Å²) in [5.74, 6) is -1.05. The lowest BCUT2D eigenvalue weighted by Gasteiger charge is -2.39. The molecule has 0 aliphatic rings. The van der Waals surface area contributed by atoms with Gasteiger partial charge < -0.3 is 19.6 Å². The summed E-state index contributed by atoms with van der Waals surface area (Å²) >= 11 is 0. The Morgan fingerprint density at radius 3 is 2.19 bits per heavy atom. The molecule has 10 heteroatoms. The first-order chi connectivity index (χ1) is 12.1. The number of carboxylic acid groups (broad SMARTS) is 1. The van der Waals surface area contributed by atoms with E-state index >= 15 is 0 Å². The van der Waals surface area contributed by atoms with Crippen molar-refractivity contribution in [3.05, 3.63) is 10.4 Å². The second-order valence-electron chi connectivity index (χ2n) is 9.09. The zero-order valence-electron chi connectivity index (χ0n) is 17.7. The van der Waals surface area contributed by atoms with Crippen molar-refractivity contribution in [2.75, 3.05) is 6.54 Å². The molecule has 27 heavy (non-hydrogen) atoms. The van der Waals surface area contributed by atoms with Crippen LogP contribution in [0.4, 0.5) is 4.79 Å². The summed E-state index contributed by atoms with van der Waals surface area (Å²) in [6, 6.07) is -0.707. The van der Waals surface area contributed by atoms with Crippen LogP contribution in [0.3, 0.4) is 0 Å². The van der Waals surface area contributed by atoms with Gasteiger partial charge in [-0.1, -0.05) is 25.9 Å². The van der Waals surface area contributed by atoms with Crippen molar-refractivity contribution in [3.8, 4) is 0 Å². The molecule has 156 valence electrons. The molecule has 0 radical (unpaired) electrons. The van der Waals surface area contributed by atoms with Crippen LogP contribution in [0.2, 0.25) is 18.1 Å². The third kappa shape index (κ3) is 10.8. The maximum Gasteiger partial charge on any atom is 0.407 e. The van der Waals surface area contributed by atoms with E-state index in [0.29, 0.717) is 0 Å². The lowest BCUT2D eigenvalue weighted by atomic mass is 10.1. The maximum atomic E-state index is 12.1. The number of aliphatic carboxylic acids is 1. The van der Waals surface area contributed by atoms with Gasteiger partial charge in [0, 0.05) is 11.0 Å². The Morgan fingerprint density at radius 2 is 1.78 bits per heavy atom. The number of carbonyl (C=O) groups is 2. The highest BCUT2D eigenvalue weighted by Crippen LogP contribution is 2.37. The van der Waals surface area contributed by atoms with E-state index in [1.807, 2.05) is 0 Å². The topological polar surface area (TPSA) is 134 Å². The Hall–Kier alpha value is -1.77. The van der Waals surface area contributed by atoms with Gasteiger partial charge in [-0.3, -0.25) is 4.79 Å². The van der Waals surface area contributed by atoms with E-state index in [9.17, 15) is 14.7 Å². The third-order valence-electron chi connectivity index (χ3n) is 4.31. The standard InChI is InChI=1S/C17H34N4O5Si/c1-16(2,3)25-15(24)20-12(10-14(22)23)9-13(11-19-21-18)26-27(7,8)17(4,5)6/h12-13H,9-11H2,1-8H3,(H,20,24)(H,22,23)/t12-,13?/m1/s1. The summed E-state index contributed by atoms with van der Waals surface area (Å²) in [5.41, 5.74) is 7.96. The van der Waals surface area contributed by atoms with Crippen LogP contribution in [-0.4, -0.2) is 49.8 Å². The fourth-order valence-corrected chi connectivity index (χ4v) is 3.43. The molecule has 0 spiro atoms. The number of hydrogen-bond donors (Lipinski definition) is 2. The normalized spacial score (nSPS) is 14.7. The third-order valence-corrected chi connectivity index (χ3v) is 8.84. The van der Waals surface area contributed by atoms with Crippen LogP contribution in [0.5, 0.6) is 0 Å². The monoisotopic (exact) mass is 402 g/mol. The van der Waals surface area contributed by atoms with Crippen LogP contribution in [0.15, 0.2) is 5.11 Å². The van der Waals surface area contributed by atoms with Crippen molar-refractivity contribution < 1.29 is 23.9 Å². The quantitative estimate of drug-likeness (QED) is 0.254. The molecule has 0 saturated carbocycles. The van der Waals surface area contributed by atoms with E-state index in [1.165, 1.54) is 0 Å². The molecule has 2 atom stereocenters. The first-order valence-corrected chi connectivity index (χ1v) is 11.9. The molecular weight excluding hydrogens is 368 g/mol. The number of amides is 1. The minimum atomic E-state index is -2.18. The van der Waals surface area contributed by atoms with Gasteiger partial charge in [0.25, 0.3) is 0 Å².